The van der Waals surface area contributed by atoms with Gasteiger partial charge in [0.15, 0.2) is 17.0 Å². The third-order valence-electron chi connectivity index (χ3n) is 4.18. The average molecular weight is 243 g/mol. The van der Waals surface area contributed by atoms with Gasteiger partial charge in [0.25, 0.3) is 0 Å². The number of nitrogen functional groups attached to an aromatic ring is 1. The van der Waals surface area contributed by atoms with E-state index in [9.17, 15) is 0 Å². The van der Waals surface area contributed by atoms with Gasteiger partial charge in [0.1, 0.15) is 12.7 Å². The van der Waals surface area contributed by atoms with Crippen molar-refractivity contribution in [1.82, 2.24) is 19.5 Å². The van der Waals surface area contributed by atoms with Crippen molar-refractivity contribution in [3.05, 3.63) is 18.7 Å². The molecule has 2 aromatic heterocycles. The summed E-state index contributed by atoms with van der Waals surface area (Å²) in [6, 6.07) is 0. The number of nitrogens with two attached hydrogens (primary N) is 1. The first-order chi connectivity index (χ1) is 8.51. The molecule has 0 amide bonds. The summed E-state index contributed by atoms with van der Waals surface area (Å²) in [6.07, 6.45) is 6.63. The van der Waals surface area contributed by atoms with Gasteiger partial charge in [0.05, 0.1) is 0 Å². The fourth-order valence-electron chi connectivity index (χ4n) is 2.54. The van der Waals surface area contributed by atoms with Crippen LogP contribution < -0.4 is 5.73 Å². The molecule has 5 nitrogen and oxygen atoms in total. The molecular weight excluding hydrogens is 226 g/mol. The zero-order valence-electron chi connectivity index (χ0n) is 10.9. The number of nitrogens with zero attached hydrogens (tertiary/aromatic N) is 4. The number of hydrogen-bond acceptors (Lipinski definition) is 4. The molecule has 0 fully saturated rings. The van der Waals surface area contributed by atoms with Gasteiger partial charge in [-0.1, -0.05) is 26.8 Å². The first-order valence-electron chi connectivity index (χ1n) is 6.16. The van der Waals surface area contributed by atoms with Crippen LogP contribution in [0.2, 0.25) is 0 Å². The quantitative estimate of drug-likeness (QED) is 0.834. The predicted octanol–water partition coefficient (Wildman–Crippen LogP) is 2.32. The van der Waals surface area contributed by atoms with E-state index in [0.717, 1.165) is 12.1 Å². The van der Waals surface area contributed by atoms with E-state index in [-0.39, 0.29) is 5.41 Å². The Balaban J connectivity index is 2.20. The van der Waals surface area contributed by atoms with Crippen LogP contribution in [0.25, 0.3) is 16.9 Å². The molecule has 18 heavy (non-hydrogen) atoms. The molecule has 1 aliphatic rings. The van der Waals surface area contributed by atoms with Gasteiger partial charge in [-0.05, 0) is 12.3 Å². The normalized spacial score (nSPS) is 22.4. The molecule has 2 heterocycles. The smallest absolute Gasteiger partial charge is 0.169 e. The molecule has 2 aromatic rings. The molecule has 0 aliphatic heterocycles. The fraction of sp³-hybridized carbons (Fsp3) is 0.462. The number of imidazole rings is 1. The molecule has 2 N–H and O–H groups in total. The minimum absolute atomic E-state index is 0.118. The van der Waals surface area contributed by atoms with Crippen molar-refractivity contribution in [2.75, 3.05) is 5.73 Å². The molecule has 0 saturated heterocycles. The maximum absolute atomic E-state index is 5.82. The van der Waals surface area contributed by atoms with E-state index in [1.54, 1.807) is 6.33 Å². The van der Waals surface area contributed by atoms with Crippen LogP contribution in [-0.2, 0) is 0 Å². The maximum atomic E-state index is 5.82. The number of anilines is 1. The van der Waals surface area contributed by atoms with Gasteiger partial charge < -0.3 is 5.73 Å². The Kier molecular flexibility index (Phi) is 2.20. The highest BCUT2D eigenvalue weighted by Crippen LogP contribution is 2.46. The van der Waals surface area contributed by atoms with E-state index in [0.29, 0.717) is 17.3 Å². The maximum Gasteiger partial charge on any atom is 0.169 e. The second kappa shape index (κ2) is 3.54. The summed E-state index contributed by atoms with van der Waals surface area (Å²) in [5.41, 5.74) is 8.64. The lowest BCUT2D eigenvalue weighted by atomic mass is 9.81. The zero-order chi connectivity index (χ0) is 12.9. The Labute approximate surface area is 106 Å². The van der Waals surface area contributed by atoms with Crippen LogP contribution in [0.15, 0.2) is 18.7 Å². The summed E-state index contributed by atoms with van der Waals surface area (Å²) in [5, 5.41) is 0. The van der Waals surface area contributed by atoms with Gasteiger partial charge in [0.2, 0.25) is 0 Å². The third kappa shape index (κ3) is 1.36. The van der Waals surface area contributed by atoms with E-state index < -0.39 is 0 Å². The van der Waals surface area contributed by atoms with Gasteiger partial charge in [0, 0.05) is 11.1 Å². The Morgan fingerprint density at radius 3 is 2.78 bits per heavy atom. The standard InChI is InChI=1S/C13H17N5/c1-8-4-5-9(13(8,2)3)18-7-17-10-11(14)15-6-16-12(10)18/h5-8H,4H2,1-3H3,(H2,14,15,16). The highest BCUT2D eigenvalue weighted by atomic mass is 15.1. The van der Waals surface area contributed by atoms with E-state index in [1.165, 1.54) is 12.0 Å². The molecule has 94 valence electrons. The van der Waals surface area contributed by atoms with Crippen LogP contribution in [0.3, 0.4) is 0 Å². The first-order valence-corrected chi connectivity index (χ1v) is 6.16. The van der Waals surface area contributed by atoms with Crippen molar-refractivity contribution in [2.45, 2.75) is 27.2 Å². The number of allylic oxidation sites excluding steroid dienone is 2. The van der Waals surface area contributed by atoms with E-state index >= 15 is 0 Å². The van der Waals surface area contributed by atoms with Crippen molar-refractivity contribution in [3.63, 3.8) is 0 Å². The second-order valence-corrected chi connectivity index (χ2v) is 5.49. The molecule has 0 saturated carbocycles. The molecular formula is C13H17N5. The topological polar surface area (TPSA) is 69.6 Å². The molecule has 1 unspecified atom stereocenters. The fourth-order valence-corrected chi connectivity index (χ4v) is 2.54. The Bertz CT molecular complexity index is 638. The van der Waals surface area contributed by atoms with Crippen molar-refractivity contribution < 1.29 is 0 Å². The lowest BCUT2D eigenvalue weighted by molar-refractivity contribution is 0.338. The first kappa shape index (κ1) is 11.2. The Hall–Kier alpha value is -1.91. The number of fused-ring (bicyclic) bond motifs is 1. The van der Waals surface area contributed by atoms with Gasteiger partial charge in [-0.25, -0.2) is 15.0 Å². The van der Waals surface area contributed by atoms with Crippen LogP contribution in [-0.4, -0.2) is 19.5 Å². The minimum atomic E-state index is 0.118. The molecule has 0 aromatic carbocycles. The largest absolute Gasteiger partial charge is 0.382 e. The number of aromatic nitrogens is 4. The molecule has 0 radical (unpaired) electrons. The number of rotatable bonds is 1. The predicted molar refractivity (Wildman–Crippen MR) is 71.6 cm³/mol. The Morgan fingerprint density at radius 2 is 2.11 bits per heavy atom. The Morgan fingerprint density at radius 1 is 1.33 bits per heavy atom. The average Bonchev–Trinajstić information content (AvgIpc) is 2.84. The number of hydrogen-bond donors (Lipinski definition) is 1. The van der Waals surface area contributed by atoms with Crippen molar-refractivity contribution in [1.29, 1.82) is 0 Å². The summed E-state index contributed by atoms with van der Waals surface area (Å²) in [5.74, 6) is 1.05. The highest BCUT2D eigenvalue weighted by molar-refractivity contribution is 5.84. The zero-order valence-corrected chi connectivity index (χ0v) is 10.9. The molecule has 3 rings (SSSR count). The van der Waals surface area contributed by atoms with E-state index in [1.807, 2.05) is 4.57 Å². The van der Waals surface area contributed by atoms with Gasteiger partial charge in [-0.3, -0.25) is 4.57 Å². The molecule has 5 heteroatoms. The van der Waals surface area contributed by atoms with E-state index in [4.69, 9.17) is 5.73 Å². The summed E-state index contributed by atoms with van der Waals surface area (Å²) in [4.78, 5) is 12.6. The van der Waals surface area contributed by atoms with Gasteiger partial charge in [-0.2, -0.15) is 0 Å². The van der Waals surface area contributed by atoms with Crippen LogP contribution in [0, 0.1) is 11.3 Å². The van der Waals surface area contributed by atoms with Gasteiger partial charge in [-0.15, -0.1) is 0 Å². The van der Waals surface area contributed by atoms with Gasteiger partial charge >= 0.3 is 0 Å². The molecule has 1 atom stereocenters. The SMILES string of the molecule is CC1CC=C(n2cnc3c(N)ncnc32)C1(C)C. The van der Waals surface area contributed by atoms with Crippen LogP contribution in [0.4, 0.5) is 5.82 Å². The summed E-state index contributed by atoms with van der Waals surface area (Å²) in [7, 11) is 0. The summed E-state index contributed by atoms with van der Waals surface area (Å²) >= 11 is 0. The summed E-state index contributed by atoms with van der Waals surface area (Å²) < 4.78 is 2.04. The third-order valence-corrected chi connectivity index (χ3v) is 4.18. The van der Waals surface area contributed by atoms with E-state index in [2.05, 4.69) is 41.8 Å². The van der Waals surface area contributed by atoms with Crippen molar-refractivity contribution >= 4 is 22.7 Å². The molecule has 1 aliphatic carbocycles. The van der Waals surface area contributed by atoms with Crippen molar-refractivity contribution in [3.8, 4) is 0 Å². The van der Waals surface area contributed by atoms with Crippen molar-refractivity contribution in [2.24, 2.45) is 11.3 Å². The lowest BCUT2D eigenvalue weighted by Gasteiger charge is -2.28. The highest BCUT2D eigenvalue weighted by Gasteiger charge is 2.36. The summed E-state index contributed by atoms with van der Waals surface area (Å²) in [6.45, 7) is 6.78. The molecule has 0 bridgehead atoms. The van der Waals surface area contributed by atoms with Crippen LogP contribution in [0.5, 0.6) is 0 Å². The minimum Gasteiger partial charge on any atom is -0.382 e. The molecule has 0 spiro atoms. The van der Waals surface area contributed by atoms with Crippen LogP contribution >= 0.6 is 0 Å². The lowest BCUT2D eigenvalue weighted by Crippen LogP contribution is -2.21. The second-order valence-electron chi connectivity index (χ2n) is 5.49. The van der Waals surface area contributed by atoms with Crippen LogP contribution in [0.1, 0.15) is 27.2 Å². The monoisotopic (exact) mass is 243 g/mol.